The Kier molecular flexibility index (Phi) is 6.34. The number of anilines is 4. The molecule has 0 unspecified atom stereocenters. The molecule has 2 aliphatic heterocycles. The standard InChI is InChI=1S/C38H23BN6O.Pt/c1-2-10-26(11-3-1)44-34-14-6-7-15-35(34)45-33-20-18-27(24-31(33)38-41-22-23-42(38)39(44)45)46-28-17-19-30-29-12-4-5-13-32(29)43(36(30)25-28)37-16-8-9-21-40-37;/h1-23H;/q-2;+2. The van der Waals surface area contributed by atoms with Gasteiger partial charge in [-0.3, -0.25) is 4.98 Å². The zero-order valence-corrected chi connectivity index (χ0v) is 27.0. The number of pyridine rings is 1. The average molecular weight is 786 g/mol. The van der Waals surface area contributed by atoms with E-state index in [1.165, 1.54) is 0 Å². The number of ether oxygens (including phenoxy) is 1. The second kappa shape index (κ2) is 10.8. The quantitative estimate of drug-likeness (QED) is 0.132. The molecular weight excluding hydrogens is 762 g/mol. The van der Waals surface area contributed by atoms with E-state index < -0.39 is 0 Å². The summed E-state index contributed by atoms with van der Waals surface area (Å²) in [7, 11) is -0.144. The molecule has 5 heterocycles. The topological polar surface area (TPSA) is 51.4 Å². The molecule has 0 atom stereocenters. The van der Waals surface area contributed by atoms with Gasteiger partial charge in [-0.1, -0.05) is 77.8 Å². The summed E-state index contributed by atoms with van der Waals surface area (Å²) in [6.45, 7) is 0. The van der Waals surface area contributed by atoms with Crippen LogP contribution < -0.4 is 14.4 Å². The monoisotopic (exact) mass is 785 g/mol. The summed E-state index contributed by atoms with van der Waals surface area (Å²) < 4.78 is 10.8. The number of aromatic nitrogens is 4. The molecule has 7 nitrogen and oxygen atoms in total. The summed E-state index contributed by atoms with van der Waals surface area (Å²) >= 11 is 0. The molecule has 10 rings (SSSR count). The minimum Gasteiger partial charge on any atom is -0.503 e. The minimum absolute atomic E-state index is 0. The molecule has 9 heteroatoms. The Bertz CT molecular complexity index is 2440. The first-order valence-corrected chi connectivity index (χ1v) is 15.2. The molecule has 3 aromatic heterocycles. The molecule has 0 radical (unpaired) electrons. The number of hydrogen-bond acceptors (Lipinski definition) is 5. The van der Waals surface area contributed by atoms with Crippen molar-refractivity contribution in [1.82, 2.24) is 19.0 Å². The number of benzene rings is 5. The molecule has 2 aliphatic rings. The third-order valence-corrected chi connectivity index (χ3v) is 8.85. The summed E-state index contributed by atoms with van der Waals surface area (Å²) in [5, 5.41) is 2.23. The van der Waals surface area contributed by atoms with Gasteiger partial charge in [0.25, 0.3) is 0 Å². The first-order valence-electron chi connectivity index (χ1n) is 15.2. The predicted molar refractivity (Wildman–Crippen MR) is 182 cm³/mol. The summed E-state index contributed by atoms with van der Waals surface area (Å²) in [6, 6.07) is 48.6. The Morgan fingerprint density at radius 2 is 1.34 bits per heavy atom. The Labute approximate surface area is 285 Å². The molecular formula is C38H23BN6OPt. The number of nitrogens with zero attached hydrogens (tertiary/aromatic N) is 6. The van der Waals surface area contributed by atoms with Crippen molar-refractivity contribution in [3.05, 3.63) is 152 Å². The van der Waals surface area contributed by atoms with E-state index in [1.807, 2.05) is 61.1 Å². The zero-order chi connectivity index (χ0) is 30.2. The molecule has 0 spiro atoms. The van der Waals surface area contributed by atoms with Crippen LogP contribution in [0.1, 0.15) is 0 Å². The number of imidazole rings is 1. The van der Waals surface area contributed by atoms with Crippen LogP contribution in [0.5, 0.6) is 11.5 Å². The smallest absolute Gasteiger partial charge is 0.503 e. The molecule has 0 bridgehead atoms. The fourth-order valence-corrected chi connectivity index (χ4v) is 6.97. The van der Waals surface area contributed by atoms with Crippen LogP contribution in [0.15, 0.2) is 140 Å². The van der Waals surface area contributed by atoms with Gasteiger partial charge in [0, 0.05) is 52.8 Å². The third kappa shape index (κ3) is 4.11. The second-order valence-corrected chi connectivity index (χ2v) is 11.4. The SMILES string of the molecule is [Pt+2].[c-]1c(Oc2[c-]c3c(cc2)c2ccccc2n3-c2ccccn2)ccc2c1-c1nccn1B1N(c3ccccc3)c3ccccc3N12. The Morgan fingerprint density at radius 3 is 2.19 bits per heavy atom. The van der Waals surface area contributed by atoms with Crippen LogP contribution in [0.25, 0.3) is 39.0 Å². The van der Waals surface area contributed by atoms with Crippen molar-refractivity contribution in [3.8, 4) is 28.7 Å². The fourth-order valence-electron chi connectivity index (χ4n) is 6.97. The van der Waals surface area contributed by atoms with Gasteiger partial charge in [-0.15, -0.1) is 23.6 Å². The van der Waals surface area contributed by atoms with E-state index in [0.29, 0.717) is 11.5 Å². The minimum atomic E-state index is -0.144. The maximum atomic E-state index is 6.49. The summed E-state index contributed by atoms with van der Waals surface area (Å²) in [4.78, 5) is 14.2. The zero-order valence-electron chi connectivity index (χ0n) is 24.8. The number of para-hydroxylation sites is 4. The number of fused-ring (bicyclic) bond motifs is 11. The Balaban J connectivity index is 0.00000302. The van der Waals surface area contributed by atoms with Gasteiger partial charge in [-0.2, -0.15) is 6.07 Å². The van der Waals surface area contributed by atoms with Crippen LogP contribution in [0.3, 0.4) is 0 Å². The van der Waals surface area contributed by atoms with Crippen LogP contribution in [0, 0.1) is 12.1 Å². The maximum Gasteiger partial charge on any atom is 2.00 e. The van der Waals surface area contributed by atoms with Crippen molar-refractivity contribution in [2.75, 3.05) is 9.62 Å². The van der Waals surface area contributed by atoms with Crippen LogP contribution >= 0.6 is 0 Å². The molecule has 0 amide bonds. The number of hydrogen-bond donors (Lipinski definition) is 0. The first kappa shape index (κ1) is 27.7. The third-order valence-electron chi connectivity index (χ3n) is 8.85. The van der Waals surface area contributed by atoms with Crippen LogP contribution in [0.4, 0.5) is 22.7 Å². The van der Waals surface area contributed by atoms with Crippen molar-refractivity contribution in [2.24, 2.45) is 0 Å². The molecule has 0 fully saturated rings. The van der Waals surface area contributed by atoms with Gasteiger partial charge in [0.15, 0.2) is 0 Å². The van der Waals surface area contributed by atoms with Crippen molar-refractivity contribution in [2.45, 2.75) is 0 Å². The fraction of sp³-hybridized carbons (Fsp3) is 0. The largest absolute Gasteiger partial charge is 2.00 e. The van der Waals surface area contributed by atoms with E-state index in [0.717, 1.165) is 61.8 Å². The molecule has 8 aromatic rings. The number of rotatable bonds is 4. The van der Waals surface area contributed by atoms with Gasteiger partial charge in [-0.05, 0) is 53.5 Å². The van der Waals surface area contributed by atoms with E-state index in [1.54, 1.807) is 0 Å². The van der Waals surface area contributed by atoms with E-state index >= 15 is 0 Å². The molecule has 0 saturated heterocycles. The molecule has 5 aromatic carbocycles. The van der Waals surface area contributed by atoms with Crippen molar-refractivity contribution in [3.63, 3.8) is 0 Å². The Morgan fingerprint density at radius 1 is 0.596 bits per heavy atom. The van der Waals surface area contributed by atoms with Gasteiger partial charge in [0.1, 0.15) is 5.82 Å². The molecule has 0 aliphatic carbocycles. The van der Waals surface area contributed by atoms with E-state index in [4.69, 9.17) is 9.72 Å². The van der Waals surface area contributed by atoms with Gasteiger partial charge in [0.2, 0.25) is 0 Å². The van der Waals surface area contributed by atoms with E-state index in [2.05, 4.69) is 115 Å². The van der Waals surface area contributed by atoms with Gasteiger partial charge in [-0.25, -0.2) is 4.98 Å². The van der Waals surface area contributed by atoms with E-state index in [-0.39, 0.29) is 28.2 Å². The normalized spacial score (nSPS) is 12.8. The molecule has 47 heavy (non-hydrogen) atoms. The van der Waals surface area contributed by atoms with Gasteiger partial charge in [0.05, 0.1) is 5.69 Å². The summed E-state index contributed by atoms with van der Waals surface area (Å²) in [5.41, 5.74) is 7.26. The van der Waals surface area contributed by atoms with Crippen LogP contribution in [0.2, 0.25) is 0 Å². The predicted octanol–water partition coefficient (Wildman–Crippen LogP) is 8.57. The molecule has 0 N–H and O–H groups in total. The summed E-state index contributed by atoms with van der Waals surface area (Å²) in [5.74, 6) is 2.86. The maximum absolute atomic E-state index is 6.49. The van der Waals surface area contributed by atoms with Gasteiger partial charge >= 0.3 is 28.2 Å². The van der Waals surface area contributed by atoms with E-state index in [9.17, 15) is 0 Å². The van der Waals surface area contributed by atoms with Crippen LogP contribution in [-0.2, 0) is 21.1 Å². The van der Waals surface area contributed by atoms with Crippen molar-refractivity contribution >= 4 is 51.7 Å². The van der Waals surface area contributed by atoms with Crippen LogP contribution in [-0.4, -0.2) is 26.1 Å². The molecule has 0 saturated carbocycles. The van der Waals surface area contributed by atoms with Crippen molar-refractivity contribution in [1.29, 1.82) is 0 Å². The summed E-state index contributed by atoms with van der Waals surface area (Å²) in [6.07, 6.45) is 5.70. The first-order chi connectivity index (χ1) is 22.8. The average Bonchev–Trinajstić information content (AvgIpc) is 3.82. The van der Waals surface area contributed by atoms with Crippen molar-refractivity contribution < 1.29 is 25.8 Å². The Hall–Kier alpha value is -5.59. The molecule has 224 valence electrons. The van der Waals surface area contributed by atoms with Gasteiger partial charge < -0.3 is 23.4 Å². The second-order valence-electron chi connectivity index (χ2n) is 11.4.